The van der Waals surface area contributed by atoms with Crippen molar-refractivity contribution in [1.82, 2.24) is 0 Å². The standard InChI is InChI=1S/C13H8Br2ClNO3S/c14-9-5-10(21-12(9)15)13(19)20-6-11(18)17-8-3-1-2-7(16)4-8/h1-5H,6H2,(H,17,18). The van der Waals surface area contributed by atoms with Gasteiger partial charge in [-0.3, -0.25) is 4.79 Å². The smallest absolute Gasteiger partial charge is 0.348 e. The molecule has 0 saturated heterocycles. The molecule has 8 heteroatoms. The van der Waals surface area contributed by atoms with Crippen molar-refractivity contribution >= 4 is 72.4 Å². The van der Waals surface area contributed by atoms with Crippen molar-refractivity contribution in [3.8, 4) is 0 Å². The van der Waals surface area contributed by atoms with Crippen molar-refractivity contribution in [3.63, 3.8) is 0 Å². The van der Waals surface area contributed by atoms with E-state index in [9.17, 15) is 9.59 Å². The summed E-state index contributed by atoms with van der Waals surface area (Å²) < 4.78 is 6.50. The van der Waals surface area contributed by atoms with E-state index in [4.69, 9.17) is 16.3 Å². The molecule has 0 fully saturated rings. The number of carbonyl (C=O) groups excluding carboxylic acids is 2. The third-order valence-corrected chi connectivity index (χ3v) is 5.76. The van der Waals surface area contributed by atoms with Gasteiger partial charge in [-0.1, -0.05) is 17.7 Å². The number of halogens is 3. The van der Waals surface area contributed by atoms with Gasteiger partial charge in [0.1, 0.15) is 4.88 Å². The number of amides is 1. The fourth-order valence-electron chi connectivity index (χ4n) is 1.41. The molecule has 1 N–H and O–H groups in total. The first-order chi connectivity index (χ1) is 9.95. The number of thiophene rings is 1. The Bertz CT molecular complexity index is 670. The molecule has 0 aliphatic rings. The molecule has 1 heterocycles. The van der Waals surface area contributed by atoms with Crippen molar-refractivity contribution in [2.24, 2.45) is 0 Å². The van der Waals surface area contributed by atoms with E-state index in [1.54, 1.807) is 30.3 Å². The summed E-state index contributed by atoms with van der Waals surface area (Å²) in [6.07, 6.45) is 0. The Morgan fingerprint density at radius 3 is 2.67 bits per heavy atom. The monoisotopic (exact) mass is 451 g/mol. The normalized spacial score (nSPS) is 10.2. The van der Waals surface area contributed by atoms with Gasteiger partial charge in [0.15, 0.2) is 6.61 Å². The Hall–Kier alpha value is -0.890. The Balaban J connectivity index is 1.88. The lowest BCUT2D eigenvalue weighted by Crippen LogP contribution is -2.20. The van der Waals surface area contributed by atoms with Gasteiger partial charge < -0.3 is 10.1 Å². The zero-order valence-corrected chi connectivity index (χ0v) is 15.1. The van der Waals surface area contributed by atoms with Gasteiger partial charge in [-0.05, 0) is 56.1 Å². The van der Waals surface area contributed by atoms with E-state index in [0.717, 1.165) is 8.26 Å². The summed E-state index contributed by atoms with van der Waals surface area (Å²) >= 11 is 13.6. The Kier molecular flexibility index (Phi) is 5.80. The third-order valence-electron chi connectivity index (χ3n) is 2.29. The van der Waals surface area contributed by atoms with E-state index < -0.39 is 11.9 Å². The minimum Gasteiger partial charge on any atom is -0.451 e. The first-order valence-electron chi connectivity index (χ1n) is 5.63. The summed E-state index contributed by atoms with van der Waals surface area (Å²) in [6, 6.07) is 8.34. The lowest BCUT2D eigenvalue weighted by atomic mass is 10.3. The zero-order valence-electron chi connectivity index (χ0n) is 10.4. The van der Waals surface area contributed by atoms with Gasteiger partial charge in [-0.2, -0.15) is 0 Å². The molecule has 2 aromatic rings. The van der Waals surface area contributed by atoms with Crippen LogP contribution in [0.5, 0.6) is 0 Å². The average molecular weight is 454 g/mol. The maximum atomic E-state index is 11.8. The average Bonchev–Trinajstić information content (AvgIpc) is 2.76. The second kappa shape index (κ2) is 7.40. The molecule has 0 aliphatic heterocycles. The first kappa shape index (κ1) is 16.5. The predicted molar refractivity (Wildman–Crippen MR) is 90.1 cm³/mol. The minimum absolute atomic E-state index is 0.363. The Morgan fingerprint density at radius 1 is 1.29 bits per heavy atom. The van der Waals surface area contributed by atoms with E-state index in [-0.39, 0.29) is 6.61 Å². The Labute approximate surface area is 146 Å². The summed E-state index contributed by atoms with van der Waals surface area (Å²) in [5, 5.41) is 3.10. The third kappa shape index (κ3) is 4.81. The lowest BCUT2D eigenvalue weighted by molar-refractivity contribution is -0.119. The molecule has 0 atom stereocenters. The van der Waals surface area contributed by atoms with Crippen LogP contribution in [-0.4, -0.2) is 18.5 Å². The molecular weight excluding hydrogens is 445 g/mol. The van der Waals surface area contributed by atoms with Gasteiger partial charge in [0, 0.05) is 15.2 Å². The van der Waals surface area contributed by atoms with Crippen LogP contribution in [0.3, 0.4) is 0 Å². The SMILES string of the molecule is O=C(COC(=O)c1cc(Br)c(Br)s1)Nc1cccc(Cl)c1. The second-order valence-corrected chi connectivity index (χ2v) is 7.53. The number of anilines is 1. The fraction of sp³-hybridized carbons (Fsp3) is 0.0769. The maximum absolute atomic E-state index is 11.8. The largest absolute Gasteiger partial charge is 0.451 e. The van der Waals surface area contributed by atoms with E-state index in [1.807, 2.05) is 0 Å². The molecule has 1 amide bonds. The highest BCUT2D eigenvalue weighted by Crippen LogP contribution is 2.32. The van der Waals surface area contributed by atoms with E-state index in [0.29, 0.717) is 15.6 Å². The topological polar surface area (TPSA) is 55.4 Å². The number of esters is 1. The molecule has 4 nitrogen and oxygen atoms in total. The van der Waals surface area contributed by atoms with Crippen molar-refractivity contribution < 1.29 is 14.3 Å². The fourth-order valence-corrected chi connectivity index (χ4v) is 3.53. The highest BCUT2D eigenvalue weighted by Gasteiger charge is 2.15. The maximum Gasteiger partial charge on any atom is 0.348 e. The summed E-state index contributed by atoms with van der Waals surface area (Å²) in [6.45, 7) is -0.363. The van der Waals surface area contributed by atoms with Gasteiger partial charge >= 0.3 is 5.97 Å². The summed E-state index contributed by atoms with van der Waals surface area (Å²) in [5.74, 6) is -0.979. The number of hydrogen-bond acceptors (Lipinski definition) is 4. The summed E-state index contributed by atoms with van der Waals surface area (Å²) in [5.41, 5.74) is 0.546. The number of benzene rings is 1. The number of carbonyl (C=O) groups is 2. The van der Waals surface area contributed by atoms with Crippen molar-refractivity contribution in [3.05, 3.63) is 48.5 Å². The van der Waals surface area contributed by atoms with Crippen LogP contribution in [0.1, 0.15) is 9.67 Å². The molecule has 0 bridgehead atoms. The van der Waals surface area contributed by atoms with Crippen LogP contribution in [0.25, 0.3) is 0 Å². The van der Waals surface area contributed by atoms with Gasteiger partial charge in [0.25, 0.3) is 5.91 Å². The molecule has 0 saturated carbocycles. The van der Waals surface area contributed by atoms with Crippen LogP contribution in [-0.2, 0) is 9.53 Å². The molecule has 0 aliphatic carbocycles. The van der Waals surface area contributed by atoms with Crippen molar-refractivity contribution in [2.45, 2.75) is 0 Å². The van der Waals surface area contributed by atoms with Crippen LogP contribution in [0.15, 0.2) is 38.6 Å². The van der Waals surface area contributed by atoms with E-state index >= 15 is 0 Å². The van der Waals surface area contributed by atoms with E-state index in [1.165, 1.54) is 11.3 Å². The van der Waals surface area contributed by atoms with Crippen LogP contribution >= 0.6 is 54.8 Å². The van der Waals surface area contributed by atoms with Crippen LogP contribution in [0.2, 0.25) is 5.02 Å². The first-order valence-corrected chi connectivity index (χ1v) is 8.41. The summed E-state index contributed by atoms with van der Waals surface area (Å²) in [7, 11) is 0. The molecule has 1 aromatic carbocycles. The van der Waals surface area contributed by atoms with Crippen LogP contribution in [0.4, 0.5) is 5.69 Å². The number of rotatable bonds is 4. The van der Waals surface area contributed by atoms with Gasteiger partial charge in [0.05, 0.1) is 3.79 Å². The number of hydrogen-bond donors (Lipinski definition) is 1. The molecule has 21 heavy (non-hydrogen) atoms. The van der Waals surface area contributed by atoms with Gasteiger partial charge in [-0.15, -0.1) is 11.3 Å². The quantitative estimate of drug-likeness (QED) is 0.682. The number of ether oxygens (including phenoxy) is 1. The minimum atomic E-state index is -0.548. The molecule has 0 radical (unpaired) electrons. The van der Waals surface area contributed by atoms with Crippen molar-refractivity contribution in [1.29, 1.82) is 0 Å². The molecule has 110 valence electrons. The highest BCUT2D eigenvalue weighted by molar-refractivity contribution is 9.13. The number of nitrogens with one attached hydrogen (secondary N) is 1. The summed E-state index contributed by atoms with van der Waals surface area (Å²) in [4.78, 5) is 23.9. The van der Waals surface area contributed by atoms with Crippen LogP contribution < -0.4 is 5.32 Å². The molecular formula is C13H8Br2ClNO3S. The van der Waals surface area contributed by atoms with Gasteiger partial charge in [0.2, 0.25) is 0 Å². The predicted octanol–water partition coefficient (Wildman–Crippen LogP) is 4.72. The zero-order chi connectivity index (χ0) is 15.4. The molecule has 1 aromatic heterocycles. The van der Waals surface area contributed by atoms with Crippen LogP contribution in [0, 0.1) is 0 Å². The van der Waals surface area contributed by atoms with Gasteiger partial charge in [-0.25, -0.2) is 4.79 Å². The highest BCUT2D eigenvalue weighted by atomic mass is 79.9. The second-order valence-electron chi connectivity index (χ2n) is 3.87. The molecule has 0 unspecified atom stereocenters. The molecule has 0 spiro atoms. The van der Waals surface area contributed by atoms with Crippen molar-refractivity contribution in [2.75, 3.05) is 11.9 Å². The van der Waals surface area contributed by atoms with E-state index in [2.05, 4.69) is 37.2 Å². The molecule has 2 rings (SSSR count). The lowest BCUT2D eigenvalue weighted by Gasteiger charge is -2.06. The Morgan fingerprint density at radius 2 is 2.05 bits per heavy atom.